The van der Waals surface area contributed by atoms with Gasteiger partial charge in [-0.2, -0.15) is 0 Å². The third-order valence-electron chi connectivity index (χ3n) is 14.0. The van der Waals surface area contributed by atoms with Crippen LogP contribution in [0.5, 0.6) is 0 Å². The molecule has 13 aromatic rings. The first kappa shape index (κ1) is 34.6. The Morgan fingerprint density at radius 1 is 0.348 bits per heavy atom. The van der Waals surface area contributed by atoms with Crippen LogP contribution in [0.4, 0.5) is 34.1 Å². The Labute approximate surface area is 390 Å². The summed E-state index contributed by atoms with van der Waals surface area (Å²) in [6.07, 6.45) is 0. The van der Waals surface area contributed by atoms with Crippen LogP contribution in [0.3, 0.4) is 0 Å². The van der Waals surface area contributed by atoms with Crippen molar-refractivity contribution in [2.24, 2.45) is 0 Å². The molecule has 0 unspecified atom stereocenters. The van der Waals surface area contributed by atoms with Gasteiger partial charge in [-0.3, -0.25) is 0 Å². The van der Waals surface area contributed by atoms with E-state index in [4.69, 9.17) is 5.48 Å². The first-order chi connectivity index (χ1) is 33.6. The van der Waals surface area contributed by atoms with Gasteiger partial charge in [-0.1, -0.05) is 139 Å². The lowest BCUT2D eigenvalue weighted by Gasteiger charge is -2.26. The van der Waals surface area contributed by atoms with E-state index in [9.17, 15) is 0 Å². The summed E-state index contributed by atoms with van der Waals surface area (Å²) in [5.41, 5.74) is 15.1. The summed E-state index contributed by atoms with van der Waals surface area (Å²) in [7, 11) is 0. The van der Waals surface area contributed by atoms with Crippen molar-refractivity contribution in [2.75, 3.05) is 9.80 Å². The molecule has 4 heteroatoms. The second-order valence-electron chi connectivity index (χ2n) is 19.9. The van der Waals surface area contributed by atoms with Crippen LogP contribution in [0.25, 0.3) is 76.2 Å². The molecule has 0 aliphatic carbocycles. The molecule has 0 radical (unpaired) electrons. The van der Waals surface area contributed by atoms with Gasteiger partial charge in [0.05, 0.1) is 50.0 Å². The van der Waals surface area contributed by atoms with Gasteiger partial charge in [0.2, 0.25) is 0 Å². The summed E-state index contributed by atoms with van der Waals surface area (Å²) in [6.45, 7) is 13.6. The van der Waals surface area contributed by atoms with Gasteiger partial charge in [-0.25, -0.2) is 0 Å². The number of fused-ring (bicyclic) bond motifs is 12. The zero-order valence-corrected chi connectivity index (χ0v) is 38.0. The molecule has 0 fully saturated rings. The van der Waals surface area contributed by atoms with Gasteiger partial charge >= 0.3 is 0 Å². The number of benzene rings is 9. The lowest BCUT2D eigenvalue weighted by molar-refractivity contribution is 0.591. The fraction of sp³-hybridized carbons (Fsp3) is 0.129. The second-order valence-corrected chi connectivity index (χ2v) is 19.9. The topological polar surface area (TPSA) is 15.3 Å². The molecule has 9 aromatic carbocycles. The maximum absolute atomic E-state index is 8.36. The SMILES string of the molecule is [2H]c1ccc(N(c2ccc([2H])cc2)c2ccc3c4cc5c(cc4n4c6ccc(C(C)(C)C)cc6c2c34)c2ccc(N(c3ccc([2H])cc3)c3ccc([2H])cc3)c3c4cc(C(C)(C)C)ccc4n5c23)cc1. The number of para-hydroxylation sites is 4. The summed E-state index contributed by atoms with van der Waals surface area (Å²) >= 11 is 0. The largest absolute Gasteiger partial charge is 0.310 e. The minimum Gasteiger partial charge on any atom is -0.310 e. The van der Waals surface area contributed by atoms with Gasteiger partial charge in [0.15, 0.2) is 0 Å². The summed E-state index contributed by atoms with van der Waals surface area (Å²) in [6, 6.07) is 60.7. The van der Waals surface area contributed by atoms with Gasteiger partial charge in [-0.15, -0.1) is 0 Å². The summed E-state index contributed by atoms with van der Waals surface area (Å²) in [5, 5.41) is 9.38. The van der Waals surface area contributed by atoms with Gasteiger partial charge < -0.3 is 18.6 Å². The van der Waals surface area contributed by atoms with Crippen molar-refractivity contribution < 1.29 is 5.48 Å². The molecule has 4 nitrogen and oxygen atoms in total. The average Bonchev–Trinajstić information content (AvgIpc) is 4.06. The molecule has 0 atom stereocenters. The summed E-state index contributed by atoms with van der Waals surface area (Å²) < 4.78 is 38.4. The van der Waals surface area contributed by atoms with Gasteiger partial charge in [0.1, 0.15) is 0 Å². The van der Waals surface area contributed by atoms with Crippen LogP contribution in [-0.2, 0) is 10.8 Å². The van der Waals surface area contributed by atoms with E-state index >= 15 is 0 Å². The van der Waals surface area contributed by atoms with E-state index in [0.717, 1.165) is 78.0 Å². The Hall–Kier alpha value is -7.82. The smallest absolute Gasteiger partial charge is 0.0641 e. The summed E-state index contributed by atoms with van der Waals surface area (Å²) in [4.78, 5) is 4.56. The first-order valence-electron chi connectivity index (χ1n) is 24.9. The molecule has 0 amide bonds. The monoisotopic (exact) mass is 854 g/mol. The van der Waals surface area contributed by atoms with Crippen LogP contribution in [-0.4, -0.2) is 8.80 Å². The zero-order valence-electron chi connectivity index (χ0n) is 42.0. The molecule has 4 heterocycles. The molecule has 0 bridgehead atoms. The van der Waals surface area contributed by atoms with E-state index < -0.39 is 0 Å². The van der Waals surface area contributed by atoms with E-state index in [1.54, 1.807) is 0 Å². The van der Waals surface area contributed by atoms with Crippen molar-refractivity contribution in [3.63, 3.8) is 0 Å². The van der Waals surface area contributed by atoms with Crippen molar-refractivity contribution in [1.82, 2.24) is 8.80 Å². The van der Waals surface area contributed by atoms with Gasteiger partial charge in [0, 0.05) is 65.8 Å². The zero-order chi connectivity index (χ0) is 48.1. The molecular weight excluding hydrogens is 801 g/mol. The first-order valence-corrected chi connectivity index (χ1v) is 22.9. The lowest BCUT2D eigenvalue weighted by Crippen LogP contribution is -2.11. The third-order valence-corrected chi connectivity index (χ3v) is 14.0. The van der Waals surface area contributed by atoms with Crippen molar-refractivity contribution >= 4 is 110 Å². The van der Waals surface area contributed by atoms with E-state index in [0.29, 0.717) is 24.2 Å². The highest BCUT2D eigenvalue weighted by molar-refractivity contribution is 6.32. The molecule has 318 valence electrons. The maximum atomic E-state index is 8.36. The Kier molecular flexibility index (Phi) is 7.25. The highest BCUT2D eigenvalue weighted by Gasteiger charge is 2.29. The number of hydrogen-bond donors (Lipinski definition) is 0. The highest BCUT2D eigenvalue weighted by Crippen LogP contribution is 2.52. The lowest BCUT2D eigenvalue weighted by atomic mass is 9.86. The number of rotatable bonds is 6. The number of hydrogen-bond acceptors (Lipinski definition) is 2. The minimum absolute atomic E-state index is 0.0794. The molecule has 0 aliphatic heterocycles. The fourth-order valence-corrected chi connectivity index (χ4v) is 10.8. The molecule has 4 aromatic heterocycles. The fourth-order valence-electron chi connectivity index (χ4n) is 10.8. The van der Waals surface area contributed by atoms with Crippen molar-refractivity contribution in [1.29, 1.82) is 0 Å². The van der Waals surface area contributed by atoms with Crippen LogP contribution in [0.15, 0.2) is 194 Å². The third kappa shape index (κ3) is 5.51. The highest BCUT2D eigenvalue weighted by atomic mass is 15.2. The molecule has 0 N–H and O–H groups in total. The molecule has 66 heavy (non-hydrogen) atoms. The minimum atomic E-state index is -0.0794. The molecule has 0 saturated carbocycles. The average molecular weight is 855 g/mol. The van der Waals surface area contributed by atoms with E-state index in [2.05, 4.69) is 133 Å². The van der Waals surface area contributed by atoms with Gasteiger partial charge in [-0.05, 0) is 119 Å². The van der Waals surface area contributed by atoms with Crippen molar-refractivity contribution in [2.45, 2.75) is 52.4 Å². The van der Waals surface area contributed by atoms with Crippen LogP contribution in [0.1, 0.15) is 58.2 Å². The molecular formula is C62H50N4. The van der Waals surface area contributed by atoms with E-state index in [-0.39, 0.29) is 10.8 Å². The van der Waals surface area contributed by atoms with E-state index in [1.165, 1.54) is 43.4 Å². The van der Waals surface area contributed by atoms with Crippen LogP contribution < -0.4 is 9.80 Å². The van der Waals surface area contributed by atoms with Crippen molar-refractivity contribution in [3.8, 4) is 0 Å². The second kappa shape index (κ2) is 13.8. The number of nitrogens with zero attached hydrogens (tertiary/aromatic N) is 4. The Bertz CT molecular complexity index is 3850. The summed E-state index contributed by atoms with van der Waals surface area (Å²) in [5.74, 6) is 0. The van der Waals surface area contributed by atoms with Crippen molar-refractivity contribution in [3.05, 3.63) is 205 Å². The number of anilines is 6. The Balaban J connectivity index is 1.15. The molecule has 0 saturated heterocycles. The Morgan fingerprint density at radius 2 is 0.682 bits per heavy atom. The normalized spacial score (nSPS) is 13.5. The van der Waals surface area contributed by atoms with Crippen LogP contribution in [0.2, 0.25) is 0 Å². The van der Waals surface area contributed by atoms with Crippen LogP contribution in [0, 0.1) is 0 Å². The molecule has 13 rings (SSSR count). The number of aromatic nitrogens is 2. The standard InChI is InChI=1S/C62H50N4/c1-61(2,3)39-27-31-51-49(35-39)57-53(63(41-19-11-7-12-20-41)42-21-13-8-14-22-42)33-29-45-47-38-56-48(37-55(47)65(51)59(45)57)46-30-34-54(64(43-23-15-9-16-24-43)44-25-17-10-18-26-44)58-50-36-40(62(4,5)6)28-32-52(50)66(56)60(46)58/h7-38H,1-6H3/i7D,8D,9D,10D. The Morgan fingerprint density at radius 3 is 1.00 bits per heavy atom. The predicted molar refractivity (Wildman–Crippen MR) is 283 cm³/mol. The van der Waals surface area contributed by atoms with Crippen LogP contribution >= 0.6 is 0 Å². The quantitative estimate of drug-likeness (QED) is 0.166. The maximum Gasteiger partial charge on any atom is 0.0641 e. The van der Waals surface area contributed by atoms with E-state index in [1.807, 2.05) is 97.1 Å². The predicted octanol–water partition coefficient (Wildman–Crippen LogP) is 17.5. The van der Waals surface area contributed by atoms with Gasteiger partial charge in [0.25, 0.3) is 0 Å². The molecule has 0 spiro atoms. The molecule has 0 aliphatic rings.